The fourth-order valence-electron chi connectivity index (χ4n) is 2.90. The lowest BCUT2D eigenvalue weighted by molar-refractivity contribution is 0.280. The maximum atomic E-state index is 6.14. The predicted octanol–water partition coefficient (Wildman–Crippen LogP) is 6.68. The number of ether oxygens (including phenoxy) is 2. The molecule has 0 aliphatic carbocycles. The van der Waals surface area contributed by atoms with Crippen LogP contribution in [0.4, 0.5) is 0 Å². The molecule has 3 aromatic rings. The van der Waals surface area contributed by atoms with Gasteiger partial charge in [-0.3, -0.25) is 0 Å². The molecule has 29 heavy (non-hydrogen) atoms. The first-order valence-corrected chi connectivity index (χ1v) is 10.8. The van der Waals surface area contributed by atoms with Gasteiger partial charge in [0.25, 0.3) is 0 Å². The molecule has 0 fully saturated rings. The average Bonchev–Trinajstić information content (AvgIpc) is 2.73. The molecule has 0 spiro atoms. The Morgan fingerprint density at radius 2 is 1.48 bits per heavy atom. The largest absolute Gasteiger partial charge is 0.493 e. The van der Waals surface area contributed by atoms with Gasteiger partial charge in [0.05, 0.1) is 7.11 Å². The van der Waals surface area contributed by atoms with E-state index < -0.39 is 0 Å². The highest BCUT2D eigenvalue weighted by Gasteiger charge is 2.15. The van der Waals surface area contributed by atoms with Gasteiger partial charge in [-0.1, -0.05) is 63.4 Å². The fraction of sp³-hybridized carbons (Fsp3) is 0.217. The molecule has 0 amide bonds. The predicted molar refractivity (Wildman–Crippen MR) is 123 cm³/mol. The summed E-state index contributed by atoms with van der Waals surface area (Å²) in [5.74, 6) is 1.44. The average molecular weight is 495 g/mol. The Bertz CT molecular complexity index is 931. The molecule has 0 radical (unpaired) electrons. The van der Waals surface area contributed by atoms with Crippen LogP contribution in [0.3, 0.4) is 0 Å². The van der Waals surface area contributed by atoms with Crippen molar-refractivity contribution in [2.75, 3.05) is 13.7 Å². The smallest absolute Gasteiger partial charge is 0.167 e. The molecular formula is C23H22BrCl2NO2. The zero-order chi connectivity index (χ0) is 20.6. The van der Waals surface area contributed by atoms with E-state index in [1.54, 1.807) is 7.11 Å². The molecule has 0 unspecified atom stereocenters. The van der Waals surface area contributed by atoms with E-state index in [1.807, 2.05) is 60.7 Å². The number of hydrogen-bond acceptors (Lipinski definition) is 3. The summed E-state index contributed by atoms with van der Waals surface area (Å²) in [5.41, 5.74) is 3.30. The highest BCUT2D eigenvalue weighted by atomic mass is 79.9. The topological polar surface area (TPSA) is 30.5 Å². The van der Waals surface area contributed by atoms with Crippen molar-refractivity contribution in [2.45, 2.75) is 19.6 Å². The van der Waals surface area contributed by atoms with Gasteiger partial charge in [0.1, 0.15) is 6.61 Å². The SMILES string of the molecule is COc1ccc(Br)c(CNCCc2ccc(Cl)cc2)c1OCc1ccc(Cl)cc1. The lowest BCUT2D eigenvalue weighted by atomic mass is 10.1. The van der Waals surface area contributed by atoms with Gasteiger partial charge in [0.2, 0.25) is 0 Å². The lowest BCUT2D eigenvalue weighted by Gasteiger charge is -2.17. The van der Waals surface area contributed by atoms with E-state index in [1.165, 1.54) is 5.56 Å². The van der Waals surface area contributed by atoms with Crippen LogP contribution in [0.15, 0.2) is 65.1 Å². The maximum Gasteiger partial charge on any atom is 0.167 e. The third-order valence-electron chi connectivity index (χ3n) is 4.49. The summed E-state index contributed by atoms with van der Waals surface area (Å²) < 4.78 is 12.6. The van der Waals surface area contributed by atoms with E-state index in [0.717, 1.165) is 39.3 Å². The zero-order valence-electron chi connectivity index (χ0n) is 16.1. The van der Waals surface area contributed by atoms with Gasteiger partial charge >= 0.3 is 0 Å². The Morgan fingerprint density at radius 3 is 2.10 bits per heavy atom. The summed E-state index contributed by atoms with van der Waals surface area (Å²) in [6.45, 7) is 1.92. The monoisotopic (exact) mass is 493 g/mol. The van der Waals surface area contributed by atoms with Crippen LogP contribution in [-0.2, 0) is 19.6 Å². The molecule has 3 aromatic carbocycles. The zero-order valence-corrected chi connectivity index (χ0v) is 19.2. The molecule has 6 heteroatoms. The van der Waals surface area contributed by atoms with Crippen molar-refractivity contribution in [1.29, 1.82) is 0 Å². The van der Waals surface area contributed by atoms with Crippen LogP contribution >= 0.6 is 39.1 Å². The standard InChI is InChI=1S/C23H22BrCl2NO2/c1-28-22-11-10-21(24)20(14-27-13-12-16-2-6-18(25)7-3-16)23(22)29-15-17-4-8-19(26)9-5-17/h2-11,27H,12-15H2,1H3. The first-order chi connectivity index (χ1) is 14.1. The van der Waals surface area contributed by atoms with Gasteiger partial charge in [0, 0.05) is 26.6 Å². The molecule has 3 nitrogen and oxygen atoms in total. The van der Waals surface area contributed by atoms with Crippen molar-refractivity contribution in [3.63, 3.8) is 0 Å². The molecule has 0 aromatic heterocycles. The van der Waals surface area contributed by atoms with Gasteiger partial charge in [-0.15, -0.1) is 0 Å². The Kier molecular flexibility index (Phi) is 8.25. The van der Waals surface area contributed by atoms with E-state index in [-0.39, 0.29) is 0 Å². The lowest BCUT2D eigenvalue weighted by Crippen LogP contribution is -2.18. The van der Waals surface area contributed by atoms with E-state index in [0.29, 0.717) is 23.9 Å². The number of nitrogens with one attached hydrogen (secondary N) is 1. The molecular weight excluding hydrogens is 473 g/mol. The summed E-state index contributed by atoms with van der Waals surface area (Å²) in [6, 6.07) is 19.4. The Labute approximate surface area is 190 Å². The maximum absolute atomic E-state index is 6.14. The second kappa shape index (κ2) is 10.9. The molecule has 1 N–H and O–H groups in total. The first-order valence-electron chi connectivity index (χ1n) is 9.24. The number of benzene rings is 3. The number of methoxy groups -OCH3 is 1. The molecule has 0 aliphatic heterocycles. The molecule has 0 atom stereocenters. The minimum atomic E-state index is 0.432. The van der Waals surface area contributed by atoms with Crippen LogP contribution in [0.25, 0.3) is 0 Å². The van der Waals surface area contributed by atoms with Gasteiger partial charge in [-0.05, 0) is 60.5 Å². The van der Waals surface area contributed by atoms with Crippen molar-refractivity contribution in [3.05, 3.63) is 91.9 Å². The van der Waals surface area contributed by atoms with Crippen molar-refractivity contribution in [3.8, 4) is 11.5 Å². The van der Waals surface area contributed by atoms with Crippen LogP contribution in [0.2, 0.25) is 10.0 Å². The molecule has 0 saturated heterocycles. The van der Waals surface area contributed by atoms with Crippen molar-refractivity contribution >= 4 is 39.1 Å². The van der Waals surface area contributed by atoms with Gasteiger partial charge in [0.15, 0.2) is 11.5 Å². The molecule has 0 saturated carbocycles. The molecule has 3 rings (SSSR count). The van der Waals surface area contributed by atoms with Crippen LogP contribution < -0.4 is 14.8 Å². The van der Waals surface area contributed by atoms with Crippen molar-refractivity contribution in [1.82, 2.24) is 5.32 Å². The Balaban J connectivity index is 1.66. The minimum Gasteiger partial charge on any atom is -0.493 e. The number of halogens is 3. The quantitative estimate of drug-likeness (QED) is 0.336. The van der Waals surface area contributed by atoms with Gasteiger partial charge in [-0.25, -0.2) is 0 Å². The van der Waals surface area contributed by atoms with Crippen LogP contribution in [0, 0.1) is 0 Å². The van der Waals surface area contributed by atoms with Gasteiger partial charge < -0.3 is 14.8 Å². The first kappa shape index (κ1) is 22.0. The molecule has 152 valence electrons. The summed E-state index contributed by atoms with van der Waals surface area (Å²) in [5, 5.41) is 4.95. The second-order valence-corrected chi connectivity index (χ2v) is 8.25. The van der Waals surface area contributed by atoms with Crippen LogP contribution in [0.1, 0.15) is 16.7 Å². The summed E-state index contributed by atoms with van der Waals surface area (Å²) in [6.07, 6.45) is 0.916. The fourth-order valence-corrected chi connectivity index (χ4v) is 3.60. The van der Waals surface area contributed by atoms with Gasteiger partial charge in [-0.2, -0.15) is 0 Å². The molecule has 0 aliphatic rings. The van der Waals surface area contributed by atoms with E-state index >= 15 is 0 Å². The third kappa shape index (κ3) is 6.38. The molecule has 0 heterocycles. The van der Waals surface area contributed by atoms with E-state index in [9.17, 15) is 0 Å². The summed E-state index contributed by atoms with van der Waals surface area (Å²) >= 11 is 15.6. The van der Waals surface area contributed by atoms with Crippen molar-refractivity contribution in [2.24, 2.45) is 0 Å². The Hall–Kier alpha value is -1.72. The number of hydrogen-bond donors (Lipinski definition) is 1. The van der Waals surface area contributed by atoms with Crippen molar-refractivity contribution < 1.29 is 9.47 Å². The third-order valence-corrected chi connectivity index (χ3v) is 5.74. The molecule has 0 bridgehead atoms. The summed E-state index contributed by atoms with van der Waals surface area (Å²) in [7, 11) is 1.65. The second-order valence-electron chi connectivity index (χ2n) is 6.53. The highest BCUT2D eigenvalue weighted by Crippen LogP contribution is 2.36. The Morgan fingerprint density at radius 1 is 0.862 bits per heavy atom. The minimum absolute atomic E-state index is 0.432. The number of rotatable bonds is 9. The van der Waals surface area contributed by atoms with Crippen LogP contribution in [-0.4, -0.2) is 13.7 Å². The van der Waals surface area contributed by atoms with E-state index in [2.05, 4.69) is 21.2 Å². The normalized spacial score (nSPS) is 10.8. The van der Waals surface area contributed by atoms with Crippen LogP contribution in [0.5, 0.6) is 11.5 Å². The highest BCUT2D eigenvalue weighted by molar-refractivity contribution is 9.10. The van der Waals surface area contributed by atoms with E-state index in [4.69, 9.17) is 32.7 Å². The summed E-state index contributed by atoms with van der Waals surface area (Å²) in [4.78, 5) is 0.